The van der Waals surface area contributed by atoms with Gasteiger partial charge in [-0.05, 0) is 23.3 Å². The zero-order chi connectivity index (χ0) is 19.9. The number of benzene rings is 2. The Balaban J connectivity index is 1.79. The average Bonchev–Trinajstić information content (AvgIpc) is 3.06. The van der Waals surface area contributed by atoms with Crippen LogP contribution in [-0.2, 0) is 30.2 Å². The largest absolute Gasteiger partial charge is 0.339 e. The number of halogens is 1. The monoisotopic (exact) mass is 416 g/mol. The molecule has 28 heavy (non-hydrogen) atoms. The van der Waals surface area contributed by atoms with Crippen LogP contribution in [0.2, 0.25) is 5.02 Å². The molecule has 1 aliphatic rings. The van der Waals surface area contributed by atoms with Crippen LogP contribution in [0, 0.1) is 0 Å². The molecule has 2 aromatic carbocycles. The predicted molar refractivity (Wildman–Crippen MR) is 105 cm³/mol. The first kappa shape index (κ1) is 18.5. The maximum Gasteiger partial charge on any atom is 0.339 e. The lowest BCUT2D eigenvalue weighted by Gasteiger charge is -2.34. The summed E-state index contributed by atoms with van der Waals surface area (Å²) < 4.78 is 28.5. The summed E-state index contributed by atoms with van der Waals surface area (Å²) in [5.41, 5.74) is 1.76. The minimum Gasteiger partial charge on any atom is -0.285 e. The Kier molecular flexibility index (Phi) is 4.60. The Morgan fingerprint density at radius 1 is 1.00 bits per heavy atom. The summed E-state index contributed by atoms with van der Waals surface area (Å²) in [4.78, 5) is 14.6. The van der Waals surface area contributed by atoms with E-state index in [1.54, 1.807) is 49.5 Å². The van der Waals surface area contributed by atoms with Crippen LogP contribution in [0.4, 0.5) is 10.5 Å². The van der Waals surface area contributed by atoms with E-state index in [2.05, 4.69) is 5.10 Å². The number of hydrogen-bond acceptors (Lipinski definition) is 4. The molecule has 2 heterocycles. The number of sulfonamides is 1. The van der Waals surface area contributed by atoms with E-state index < -0.39 is 16.1 Å². The maximum absolute atomic E-state index is 13.2. The van der Waals surface area contributed by atoms with Gasteiger partial charge < -0.3 is 0 Å². The van der Waals surface area contributed by atoms with Crippen molar-refractivity contribution >= 4 is 33.3 Å². The molecule has 0 saturated carbocycles. The van der Waals surface area contributed by atoms with Gasteiger partial charge >= 0.3 is 6.03 Å². The van der Waals surface area contributed by atoms with Crippen LogP contribution in [0.3, 0.4) is 0 Å². The molecule has 4 rings (SSSR count). The van der Waals surface area contributed by atoms with Gasteiger partial charge in [-0.15, -0.1) is 0 Å². The minimum absolute atomic E-state index is 0.00920. The smallest absolute Gasteiger partial charge is 0.285 e. The molecule has 144 valence electrons. The van der Waals surface area contributed by atoms with Gasteiger partial charge in [-0.25, -0.2) is 9.10 Å². The second-order valence-corrected chi connectivity index (χ2v) is 8.67. The molecule has 0 spiro atoms. The highest BCUT2D eigenvalue weighted by atomic mass is 35.5. The number of carbonyl (C=O) groups is 1. The van der Waals surface area contributed by atoms with Gasteiger partial charge in [-0.2, -0.15) is 13.5 Å². The number of hydrogen-bond donors (Lipinski definition) is 0. The van der Waals surface area contributed by atoms with Crippen molar-refractivity contribution in [3.05, 3.63) is 76.9 Å². The maximum atomic E-state index is 13.2. The lowest BCUT2D eigenvalue weighted by atomic mass is 10.2. The molecule has 0 aliphatic carbocycles. The Morgan fingerprint density at radius 3 is 2.43 bits per heavy atom. The number of rotatable bonds is 4. The first-order chi connectivity index (χ1) is 13.4. The van der Waals surface area contributed by atoms with Crippen molar-refractivity contribution < 1.29 is 13.2 Å². The lowest BCUT2D eigenvalue weighted by Crippen LogP contribution is -2.50. The number of aryl methyl sites for hydroxylation is 1. The molecular formula is C19H17ClN4O3S. The fourth-order valence-electron chi connectivity index (χ4n) is 3.22. The number of anilines is 1. The number of carbonyl (C=O) groups excluding carboxylic acids is 1. The first-order valence-electron chi connectivity index (χ1n) is 8.52. The third-order valence-corrected chi connectivity index (χ3v) is 6.60. The zero-order valence-electron chi connectivity index (χ0n) is 15.0. The summed E-state index contributed by atoms with van der Waals surface area (Å²) >= 11 is 6.06. The molecule has 0 unspecified atom stereocenters. The summed E-state index contributed by atoms with van der Waals surface area (Å²) in [6.45, 7) is 0.123. The Bertz CT molecular complexity index is 1140. The Hall–Kier alpha value is -2.84. The van der Waals surface area contributed by atoms with E-state index in [1.165, 1.54) is 15.8 Å². The molecule has 7 nitrogen and oxygen atoms in total. The third-order valence-electron chi connectivity index (χ3n) is 4.53. The molecule has 3 aromatic rings. The van der Waals surface area contributed by atoms with Gasteiger partial charge in [0.1, 0.15) is 5.69 Å². The highest BCUT2D eigenvalue weighted by Crippen LogP contribution is 2.35. The van der Waals surface area contributed by atoms with Crippen molar-refractivity contribution in [3.8, 4) is 0 Å². The van der Waals surface area contributed by atoms with Gasteiger partial charge in [-0.1, -0.05) is 54.1 Å². The van der Waals surface area contributed by atoms with Crippen LogP contribution >= 0.6 is 11.6 Å². The van der Waals surface area contributed by atoms with Crippen molar-refractivity contribution in [2.45, 2.75) is 18.1 Å². The molecule has 9 heteroatoms. The highest BCUT2D eigenvalue weighted by molar-refractivity contribution is 7.89. The zero-order valence-corrected chi connectivity index (χ0v) is 16.6. The summed E-state index contributed by atoms with van der Waals surface area (Å²) in [7, 11) is -2.49. The Labute approximate surface area is 167 Å². The number of aromatic nitrogens is 2. The summed E-state index contributed by atoms with van der Waals surface area (Å²) in [6.07, 6.45) is 1.40. The number of fused-ring (bicyclic) bond motifs is 1. The molecule has 0 atom stereocenters. The van der Waals surface area contributed by atoms with Gasteiger partial charge in [0.05, 0.1) is 19.3 Å². The third kappa shape index (κ3) is 3.14. The fourth-order valence-corrected chi connectivity index (χ4v) is 5.07. The second kappa shape index (κ2) is 6.96. The molecule has 1 aromatic heterocycles. The van der Waals surface area contributed by atoms with E-state index in [4.69, 9.17) is 11.6 Å². The van der Waals surface area contributed by atoms with E-state index in [0.29, 0.717) is 10.6 Å². The van der Waals surface area contributed by atoms with E-state index in [1.807, 2.05) is 12.1 Å². The lowest BCUT2D eigenvalue weighted by molar-refractivity contribution is 0.225. The van der Waals surface area contributed by atoms with Crippen molar-refractivity contribution in [2.75, 3.05) is 4.90 Å². The normalized spacial score (nSPS) is 15.6. The van der Waals surface area contributed by atoms with Gasteiger partial charge in [0, 0.05) is 12.1 Å². The second-order valence-electron chi connectivity index (χ2n) is 6.45. The van der Waals surface area contributed by atoms with E-state index in [0.717, 1.165) is 9.87 Å². The average molecular weight is 417 g/mol. The molecule has 0 saturated heterocycles. The van der Waals surface area contributed by atoms with Crippen LogP contribution < -0.4 is 4.90 Å². The van der Waals surface area contributed by atoms with Crippen LogP contribution in [0.1, 0.15) is 11.1 Å². The van der Waals surface area contributed by atoms with Gasteiger partial charge in [-0.3, -0.25) is 9.58 Å². The SMILES string of the molecule is Cn1ncc2c1S(=O)(=O)N(Cc1ccccc1)C(=O)N2Cc1cccc(Cl)c1. The van der Waals surface area contributed by atoms with E-state index in [9.17, 15) is 13.2 Å². The minimum atomic E-state index is -4.03. The fraction of sp³-hybridized carbons (Fsp3) is 0.158. The molecule has 2 amide bonds. The molecule has 1 aliphatic heterocycles. The van der Waals surface area contributed by atoms with Crippen LogP contribution in [-0.4, -0.2) is 28.5 Å². The highest BCUT2D eigenvalue weighted by Gasteiger charge is 2.44. The summed E-state index contributed by atoms with van der Waals surface area (Å²) in [6, 6.07) is 15.5. The Morgan fingerprint density at radius 2 is 1.71 bits per heavy atom. The topological polar surface area (TPSA) is 75.5 Å². The van der Waals surface area contributed by atoms with Gasteiger partial charge in [0.25, 0.3) is 10.0 Å². The van der Waals surface area contributed by atoms with Gasteiger partial charge in [0.2, 0.25) is 0 Å². The first-order valence-corrected chi connectivity index (χ1v) is 10.3. The predicted octanol–water partition coefficient (Wildman–Crippen LogP) is 3.40. The van der Waals surface area contributed by atoms with Crippen molar-refractivity contribution in [1.82, 2.24) is 14.1 Å². The van der Waals surface area contributed by atoms with E-state index >= 15 is 0 Å². The van der Waals surface area contributed by atoms with Crippen molar-refractivity contribution in [1.29, 1.82) is 0 Å². The molecular weight excluding hydrogens is 400 g/mol. The van der Waals surface area contributed by atoms with Crippen LogP contribution in [0.25, 0.3) is 0 Å². The number of nitrogens with zero attached hydrogens (tertiary/aromatic N) is 4. The summed E-state index contributed by atoms with van der Waals surface area (Å²) in [5, 5.41) is 4.60. The van der Waals surface area contributed by atoms with Gasteiger partial charge in [0.15, 0.2) is 5.03 Å². The van der Waals surface area contributed by atoms with Crippen molar-refractivity contribution in [3.63, 3.8) is 0 Å². The molecule has 0 N–H and O–H groups in total. The quantitative estimate of drug-likeness (QED) is 0.653. The van der Waals surface area contributed by atoms with Crippen LogP contribution in [0.15, 0.2) is 65.8 Å². The van der Waals surface area contributed by atoms with E-state index in [-0.39, 0.29) is 23.8 Å². The molecule has 0 bridgehead atoms. The number of amides is 2. The number of urea groups is 1. The van der Waals surface area contributed by atoms with Crippen LogP contribution in [0.5, 0.6) is 0 Å². The standard InChI is InChI=1S/C19H17ClN4O3S/c1-22-18-17(11-21-22)23(12-15-8-5-9-16(20)10-15)19(25)24(28(18,26)27)13-14-6-3-2-4-7-14/h2-11H,12-13H2,1H3. The molecule has 0 fully saturated rings. The van der Waals surface area contributed by atoms with Crippen molar-refractivity contribution in [2.24, 2.45) is 7.05 Å². The summed E-state index contributed by atoms with van der Waals surface area (Å²) in [5.74, 6) is 0. The molecule has 0 radical (unpaired) electrons.